The molecule has 0 amide bonds. The van der Waals surface area contributed by atoms with Crippen molar-refractivity contribution in [2.45, 2.75) is 20.3 Å². The van der Waals surface area contributed by atoms with E-state index in [2.05, 4.69) is 63.0 Å². The van der Waals surface area contributed by atoms with Crippen molar-refractivity contribution in [2.24, 2.45) is 16.8 Å². The molecule has 0 spiro atoms. The molecule has 0 aromatic rings. The van der Waals surface area contributed by atoms with Crippen LogP contribution in [-0.4, -0.2) is 5.71 Å². The number of fused-ring (bicyclic) bond motifs is 3. The lowest BCUT2D eigenvalue weighted by molar-refractivity contribution is 0.493. The summed E-state index contributed by atoms with van der Waals surface area (Å²) >= 11 is 0. The monoisotopic (exact) mass is 249 g/mol. The molecule has 0 aromatic heterocycles. The lowest BCUT2D eigenvalue weighted by Gasteiger charge is -2.41. The van der Waals surface area contributed by atoms with Gasteiger partial charge in [-0.15, -0.1) is 0 Å². The predicted molar refractivity (Wildman–Crippen MR) is 82.0 cm³/mol. The summed E-state index contributed by atoms with van der Waals surface area (Å²) in [5.41, 5.74) is 6.32. The second-order valence-corrected chi connectivity index (χ2v) is 5.33. The summed E-state index contributed by atoms with van der Waals surface area (Å²) in [4.78, 5) is 4.83. The normalized spacial score (nSPS) is 32.8. The van der Waals surface area contributed by atoms with Crippen LogP contribution in [0.5, 0.6) is 0 Å². The molecule has 2 atom stereocenters. The van der Waals surface area contributed by atoms with E-state index in [0.29, 0.717) is 11.8 Å². The van der Waals surface area contributed by atoms with Gasteiger partial charge in [-0.3, -0.25) is 4.99 Å². The maximum absolute atomic E-state index is 4.83. The van der Waals surface area contributed by atoms with Gasteiger partial charge in [-0.25, -0.2) is 0 Å². The Morgan fingerprint density at radius 1 is 1.21 bits per heavy atom. The van der Waals surface area contributed by atoms with E-state index in [-0.39, 0.29) is 0 Å². The molecule has 0 radical (unpaired) electrons. The van der Waals surface area contributed by atoms with Crippen LogP contribution < -0.4 is 0 Å². The molecule has 0 saturated heterocycles. The molecule has 19 heavy (non-hydrogen) atoms. The molecular formula is C18H19N. The van der Waals surface area contributed by atoms with Crippen molar-refractivity contribution >= 4 is 5.71 Å². The molecule has 0 saturated carbocycles. The Kier molecular flexibility index (Phi) is 2.98. The van der Waals surface area contributed by atoms with Crippen molar-refractivity contribution in [1.82, 2.24) is 0 Å². The summed E-state index contributed by atoms with van der Waals surface area (Å²) in [5.74, 6) is 0.780. The summed E-state index contributed by atoms with van der Waals surface area (Å²) in [5, 5.41) is 0. The van der Waals surface area contributed by atoms with E-state index >= 15 is 0 Å². The van der Waals surface area contributed by atoms with Crippen molar-refractivity contribution in [1.29, 1.82) is 0 Å². The van der Waals surface area contributed by atoms with E-state index in [9.17, 15) is 0 Å². The first-order chi connectivity index (χ1) is 9.22. The smallest absolute Gasteiger partial charge is 0.0525 e. The number of hydrogen-bond donors (Lipinski definition) is 0. The van der Waals surface area contributed by atoms with Crippen LogP contribution in [0.1, 0.15) is 20.3 Å². The molecule has 3 aliphatic rings. The molecule has 0 aromatic carbocycles. The van der Waals surface area contributed by atoms with Gasteiger partial charge in [-0.05, 0) is 30.6 Å². The van der Waals surface area contributed by atoms with Gasteiger partial charge >= 0.3 is 0 Å². The molecular weight excluding hydrogens is 230 g/mol. The molecule has 1 heteroatoms. The van der Waals surface area contributed by atoms with Crippen LogP contribution in [0.25, 0.3) is 0 Å². The van der Waals surface area contributed by atoms with Crippen molar-refractivity contribution in [2.75, 3.05) is 0 Å². The lowest BCUT2D eigenvalue weighted by atomic mass is 9.64. The molecule has 3 rings (SSSR count). The molecule has 2 aliphatic carbocycles. The summed E-state index contributed by atoms with van der Waals surface area (Å²) in [6, 6.07) is 0. The molecule has 1 unspecified atom stereocenters. The highest BCUT2D eigenvalue weighted by molar-refractivity contribution is 5.85. The number of hydrogen-bond acceptors (Lipinski definition) is 1. The standard InChI is InChI=1S/C18H19N/c1-4-14-10-5-6-11-15-17(14)16-12(2)8-7-9-13(3)19-18(15)16/h4-8,10-11,16-17H,2,9H2,1,3H3/b8-7-,14-4-,19-13?/t16?,17-/m1/s1. The predicted octanol–water partition coefficient (Wildman–Crippen LogP) is 4.54. The SMILES string of the molecule is C=C1/C=C\CC(C)=NC2=C3C=CC=C/C(=C/C)[C@H]3C12. The highest BCUT2D eigenvalue weighted by Crippen LogP contribution is 2.51. The maximum atomic E-state index is 4.83. The minimum absolute atomic E-state index is 0.347. The molecule has 1 aliphatic heterocycles. The Morgan fingerprint density at radius 3 is 2.79 bits per heavy atom. The third-order valence-electron chi connectivity index (χ3n) is 4.08. The molecule has 1 heterocycles. The zero-order valence-electron chi connectivity index (χ0n) is 11.6. The Hall–Kier alpha value is -1.89. The molecule has 0 bridgehead atoms. The minimum atomic E-state index is 0.347. The molecule has 1 nitrogen and oxygen atoms in total. The van der Waals surface area contributed by atoms with E-state index in [0.717, 1.165) is 6.42 Å². The van der Waals surface area contributed by atoms with Gasteiger partial charge in [0.15, 0.2) is 0 Å². The second kappa shape index (κ2) is 4.65. The topological polar surface area (TPSA) is 12.4 Å². The van der Waals surface area contributed by atoms with Crippen molar-refractivity contribution in [3.63, 3.8) is 0 Å². The third-order valence-corrected chi connectivity index (χ3v) is 4.08. The van der Waals surface area contributed by atoms with E-state index in [4.69, 9.17) is 4.99 Å². The number of rotatable bonds is 0. The van der Waals surface area contributed by atoms with E-state index in [1.54, 1.807) is 0 Å². The van der Waals surface area contributed by atoms with E-state index < -0.39 is 0 Å². The summed E-state index contributed by atoms with van der Waals surface area (Å²) in [6.45, 7) is 8.46. The zero-order chi connectivity index (χ0) is 13.4. The molecule has 0 fully saturated rings. The number of aliphatic imine (C=N–C) groups is 1. The van der Waals surface area contributed by atoms with Crippen LogP contribution >= 0.6 is 0 Å². The lowest BCUT2D eigenvalue weighted by Crippen LogP contribution is -2.32. The largest absolute Gasteiger partial charge is 0.261 e. The van der Waals surface area contributed by atoms with Crippen LogP contribution in [0.15, 0.2) is 76.5 Å². The average molecular weight is 249 g/mol. The van der Waals surface area contributed by atoms with E-state index in [1.807, 2.05) is 0 Å². The summed E-state index contributed by atoms with van der Waals surface area (Å²) in [7, 11) is 0. The van der Waals surface area contributed by atoms with Gasteiger partial charge in [0.05, 0.1) is 5.70 Å². The third kappa shape index (κ3) is 1.90. The summed E-state index contributed by atoms with van der Waals surface area (Å²) < 4.78 is 0. The second-order valence-electron chi connectivity index (χ2n) is 5.33. The van der Waals surface area contributed by atoms with Crippen molar-refractivity contribution in [3.8, 4) is 0 Å². The number of nitrogens with zero attached hydrogens (tertiary/aromatic N) is 1. The van der Waals surface area contributed by atoms with Gasteiger partial charge in [0.25, 0.3) is 0 Å². The average Bonchev–Trinajstić information content (AvgIpc) is 2.55. The molecule has 0 N–H and O–H groups in total. The fourth-order valence-corrected chi connectivity index (χ4v) is 3.11. The van der Waals surface area contributed by atoms with Gasteiger partial charge in [0.2, 0.25) is 0 Å². The van der Waals surface area contributed by atoms with Gasteiger partial charge in [0.1, 0.15) is 0 Å². The van der Waals surface area contributed by atoms with Crippen molar-refractivity contribution < 1.29 is 0 Å². The van der Waals surface area contributed by atoms with Gasteiger partial charge < -0.3 is 0 Å². The first-order valence-corrected chi connectivity index (χ1v) is 6.87. The Labute approximate surface area is 115 Å². The fourth-order valence-electron chi connectivity index (χ4n) is 3.11. The van der Waals surface area contributed by atoms with Crippen LogP contribution in [0.2, 0.25) is 0 Å². The first-order valence-electron chi connectivity index (χ1n) is 6.87. The Morgan fingerprint density at radius 2 is 2.00 bits per heavy atom. The van der Waals surface area contributed by atoms with Crippen LogP contribution in [0.3, 0.4) is 0 Å². The molecule has 96 valence electrons. The fraction of sp³-hybridized carbons (Fsp3) is 0.278. The quantitative estimate of drug-likeness (QED) is 0.598. The highest BCUT2D eigenvalue weighted by Gasteiger charge is 2.42. The first kappa shape index (κ1) is 12.2. The van der Waals surface area contributed by atoms with Crippen LogP contribution in [0.4, 0.5) is 0 Å². The zero-order valence-corrected chi connectivity index (χ0v) is 11.6. The maximum Gasteiger partial charge on any atom is 0.0525 e. The van der Waals surface area contributed by atoms with Crippen LogP contribution in [-0.2, 0) is 0 Å². The van der Waals surface area contributed by atoms with Gasteiger partial charge in [-0.2, -0.15) is 0 Å². The Bertz CT molecular complexity index is 606. The van der Waals surface area contributed by atoms with Crippen molar-refractivity contribution in [3.05, 3.63) is 71.5 Å². The van der Waals surface area contributed by atoms with E-state index in [1.165, 1.54) is 28.1 Å². The summed E-state index contributed by atoms with van der Waals surface area (Å²) in [6.07, 6.45) is 16.1. The van der Waals surface area contributed by atoms with Gasteiger partial charge in [0, 0.05) is 24.0 Å². The number of allylic oxidation sites excluding steroid dienone is 10. The van der Waals surface area contributed by atoms with Gasteiger partial charge in [-0.1, -0.05) is 49.1 Å². The van der Waals surface area contributed by atoms with Crippen LogP contribution in [0, 0.1) is 11.8 Å². The Balaban J connectivity index is 2.15. The minimum Gasteiger partial charge on any atom is -0.261 e. The highest BCUT2D eigenvalue weighted by atomic mass is 14.8.